The highest BCUT2D eigenvalue weighted by Crippen LogP contribution is 2.42. The fourth-order valence-electron chi connectivity index (χ4n) is 5.05. The van der Waals surface area contributed by atoms with Crippen LogP contribution in [0.15, 0.2) is 36.5 Å². The van der Waals surface area contributed by atoms with Crippen molar-refractivity contribution in [3.05, 3.63) is 47.7 Å². The van der Waals surface area contributed by atoms with Gasteiger partial charge < -0.3 is 20.1 Å². The molecule has 0 aliphatic carbocycles. The van der Waals surface area contributed by atoms with Crippen molar-refractivity contribution in [3.63, 3.8) is 0 Å². The van der Waals surface area contributed by atoms with Gasteiger partial charge in [-0.25, -0.2) is 4.98 Å². The van der Waals surface area contributed by atoms with Gasteiger partial charge in [0.2, 0.25) is 0 Å². The van der Waals surface area contributed by atoms with Crippen LogP contribution in [0.5, 0.6) is 11.5 Å². The lowest BCUT2D eigenvalue weighted by Gasteiger charge is -2.40. The standard InChI is InChI=1S/C23H30N4O3/c1-29-19-8-3-6-17(20(19)30-2)14-26-12-5-9-23(15-26)10-13-27(16-23)22-18(21(24)28)7-4-11-25-22/h3-4,6-8,11H,5,9-10,12-16H2,1-2H3,(H2,24,28). The molecule has 2 aliphatic heterocycles. The Bertz CT molecular complexity index is 919. The highest BCUT2D eigenvalue weighted by atomic mass is 16.5. The summed E-state index contributed by atoms with van der Waals surface area (Å²) in [5.74, 6) is 1.87. The molecule has 2 aromatic rings. The number of amides is 1. The van der Waals surface area contributed by atoms with E-state index >= 15 is 0 Å². The molecule has 1 unspecified atom stereocenters. The largest absolute Gasteiger partial charge is 0.493 e. The summed E-state index contributed by atoms with van der Waals surface area (Å²) in [6.07, 6.45) is 5.17. The minimum Gasteiger partial charge on any atom is -0.493 e. The van der Waals surface area contributed by atoms with Crippen molar-refractivity contribution in [1.82, 2.24) is 9.88 Å². The molecule has 2 N–H and O–H groups in total. The maximum atomic E-state index is 11.8. The maximum absolute atomic E-state index is 11.8. The van der Waals surface area contributed by atoms with Crippen LogP contribution < -0.4 is 20.1 Å². The summed E-state index contributed by atoms with van der Waals surface area (Å²) in [5.41, 5.74) is 7.43. The SMILES string of the molecule is COc1cccc(CN2CCCC3(CCN(c4ncccc4C(N)=O)C3)C2)c1OC. The average Bonchev–Trinajstić information content (AvgIpc) is 3.16. The van der Waals surface area contributed by atoms with E-state index in [1.165, 1.54) is 6.42 Å². The molecule has 2 saturated heterocycles. The van der Waals surface area contributed by atoms with Crippen molar-refractivity contribution in [3.8, 4) is 11.5 Å². The number of aromatic nitrogens is 1. The number of benzene rings is 1. The van der Waals surface area contributed by atoms with Crippen LogP contribution in [0.2, 0.25) is 0 Å². The smallest absolute Gasteiger partial charge is 0.252 e. The number of hydrogen-bond acceptors (Lipinski definition) is 6. The molecule has 3 heterocycles. The first-order valence-electron chi connectivity index (χ1n) is 10.5. The van der Waals surface area contributed by atoms with Crippen molar-refractivity contribution < 1.29 is 14.3 Å². The number of rotatable bonds is 6. The van der Waals surface area contributed by atoms with E-state index in [9.17, 15) is 4.79 Å². The van der Waals surface area contributed by atoms with E-state index in [1.54, 1.807) is 32.5 Å². The number of anilines is 1. The number of pyridine rings is 1. The molecule has 1 aromatic heterocycles. The second-order valence-electron chi connectivity index (χ2n) is 8.38. The third kappa shape index (κ3) is 3.94. The Morgan fingerprint density at radius 1 is 1.13 bits per heavy atom. The van der Waals surface area contributed by atoms with E-state index in [0.717, 1.165) is 62.6 Å². The molecular formula is C23H30N4O3. The molecule has 7 heteroatoms. The summed E-state index contributed by atoms with van der Waals surface area (Å²) in [6, 6.07) is 9.58. The number of para-hydroxylation sites is 1. The van der Waals surface area contributed by atoms with Gasteiger partial charge in [-0.05, 0) is 44.0 Å². The van der Waals surface area contributed by atoms with E-state index in [2.05, 4.69) is 20.9 Å². The van der Waals surface area contributed by atoms with Crippen molar-refractivity contribution in [2.75, 3.05) is 45.3 Å². The normalized spacial score (nSPS) is 21.7. The molecule has 0 bridgehead atoms. The second-order valence-corrected chi connectivity index (χ2v) is 8.38. The third-order valence-electron chi connectivity index (χ3n) is 6.41. The van der Waals surface area contributed by atoms with Crippen molar-refractivity contribution in [2.24, 2.45) is 11.1 Å². The molecule has 4 rings (SSSR count). The first-order valence-corrected chi connectivity index (χ1v) is 10.5. The minimum absolute atomic E-state index is 0.205. The van der Waals surface area contributed by atoms with Gasteiger partial charge in [-0.15, -0.1) is 0 Å². The van der Waals surface area contributed by atoms with Crippen LogP contribution in [0.3, 0.4) is 0 Å². The quantitative estimate of drug-likeness (QED) is 0.789. The van der Waals surface area contributed by atoms with Gasteiger partial charge >= 0.3 is 0 Å². The summed E-state index contributed by atoms with van der Waals surface area (Å²) >= 11 is 0. The number of nitrogens with zero attached hydrogens (tertiary/aromatic N) is 3. The molecule has 1 aromatic carbocycles. The zero-order valence-electron chi connectivity index (χ0n) is 17.8. The number of carbonyl (C=O) groups is 1. The van der Waals surface area contributed by atoms with Crippen LogP contribution in [0.1, 0.15) is 35.2 Å². The van der Waals surface area contributed by atoms with E-state index in [-0.39, 0.29) is 5.41 Å². The Morgan fingerprint density at radius 3 is 2.77 bits per heavy atom. The van der Waals surface area contributed by atoms with Gasteiger partial charge in [-0.2, -0.15) is 0 Å². The number of hydrogen-bond donors (Lipinski definition) is 1. The van der Waals surface area contributed by atoms with Crippen LogP contribution in [0.25, 0.3) is 0 Å². The van der Waals surface area contributed by atoms with Crippen LogP contribution in [-0.4, -0.2) is 56.2 Å². The number of primary amides is 1. The predicted octanol–water partition coefficient (Wildman–Crippen LogP) is 2.69. The summed E-state index contributed by atoms with van der Waals surface area (Å²) in [6.45, 7) is 4.71. The zero-order chi connectivity index (χ0) is 21.1. The highest BCUT2D eigenvalue weighted by molar-refractivity contribution is 5.97. The molecule has 30 heavy (non-hydrogen) atoms. The molecule has 0 saturated carbocycles. The number of ether oxygens (including phenoxy) is 2. The molecule has 160 valence electrons. The first kappa shape index (κ1) is 20.5. The average molecular weight is 411 g/mol. The molecule has 2 fully saturated rings. The molecule has 1 spiro atoms. The lowest BCUT2D eigenvalue weighted by atomic mass is 9.79. The van der Waals surface area contributed by atoms with Crippen molar-refractivity contribution >= 4 is 11.7 Å². The number of likely N-dealkylation sites (tertiary alicyclic amines) is 1. The molecule has 0 radical (unpaired) electrons. The summed E-state index contributed by atoms with van der Waals surface area (Å²) in [7, 11) is 3.36. The molecule has 1 amide bonds. The molecule has 1 atom stereocenters. The number of piperidine rings is 1. The lowest BCUT2D eigenvalue weighted by molar-refractivity contribution is 0.0979. The molecular weight excluding hydrogens is 380 g/mol. The fraction of sp³-hybridized carbons (Fsp3) is 0.478. The first-order chi connectivity index (χ1) is 14.5. The van der Waals surface area contributed by atoms with Crippen molar-refractivity contribution in [2.45, 2.75) is 25.8 Å². The van der Waals surface area contributed by atoms with Gasteiger partial charge in [0.15, 0.2) is 11.5 Å². The monoisotopic (exact) mass is 410 g/mol. The Kier molecular flexibility index (Phi) is 5.81. The van der Waals surface area contributed by atoms with Gasteiger partial charge in [0.05, 0.1) is 19.8 Å². The molecule has 7 nitrogen and oxygen atoms in total. The lowest BCUT2D eigenvalue weighted by Crippen LogP contribution is -2.44. The van der Waals surface area contributed by atoms with Gasteiger partial charge in [-0.1, -0.05) is 12.1 Å². The van der Waals surface area contributed by atoms with Gasteiger partial charge in [0.25, 0.3) is 5.91 Å². The number of methoxy groups -OCH3 is 2. The maximum Gasteiger partial charge on any atom is 0.252 e. The topological polar surface area (TPSA) is 80.9 Å². The Balaban J connectivity index is 1.49. The second kappa shape index (κ2) is 8.52. The van der Waals surface area contributed by atoms with Gasteiger partial charge in [-0.3, -0.25) is 9.69 Å². The summed E-state index contributed by atoms with van der Waals surface area (Å²) in [4.78, 5) is 21.1. The van der Waals surface area contributed by atoms with Crippen LogP contribution >= 0.6 is 0 Å². The van der Waals surface area contributed by atoms with E-state index in [4.69, 9.17) is 15.2 Å². The van der Waals surface area contributed by atoms with Gasteiger partial charge in [0.1, 0.15) is 5.82 Å². The summed E-state index contributed by atoms with van der Waals surface area (Å²) in [5, 5.41) is 0. The Hall–Kier alpha value is -2.80. The van der Waals surface area contributed by atoms with Gasteiger partial charge in [0, 0.05) is 43.4 Å². The zero-order valence-corrected chi connectivity index (χ0v) is 17.8. The fourth-order valence-corrected chi connectivity index (χ4v) is 5.05. The van der Waals surface area contributed by atoms with E-state index in [0.29, 0.717) is 11.4 Å². The van der Waals surface area contributed by atoms with Crippen molar-refractivity contribution in [1.29, 1.82) is 0 Å². The van der Waals surface area contributed by atoms with Crippen LogP contribution in [0, 0.1) is 5.41 Å². The minimum atomic E-state index is -0.422. The predicted molar refractivity (Wildman–Crippen MR) is 116 cm³/mol. The molecule has 2 aliphatic rings. The Morgan fingerprint density at radius 2 is 2.00 bits per heavy atom. The number of carbonyl (C=O) groups excluding carboxylic acids is 1. The highest BCUT2D eigenvalue weighted by Gasteiger charge is 2.42. The summed E-state index contributed by atoms with van der Waals surface area (Å²) < 4.78 is 11.1. The Labute approximate surface area is 177 Å². The third-order valence-corrected chi connectivity index (χ3v) is 6.41. The van der Waals surface area contributed by atoms with Crippen LogP contribution in [-0.2, 0) is 6.54 Å². The van der Waals surface area contributed by atoms with E-state index in [1.807, 2.05) is 12.1 Å². The van der Waals surface area contributed by atoms with E-state index < -0.39 is 5.91 Å². The van der Waals surface area contributed by atoms with Crippen LogP contribution in [0.4, 0.5) is 5.82 Å². The number of nitrogens with two attached hydrogens (primary N) is 1.